The van der Waals surface area contributed by atoms with Gasteiger partial charge in [0, 0.05) is 0 Å². The summed E-state index contributed by atoms with van der Waals surface area (Å²) in [6, 6.07) is 0. The lowest BCUT2D eigenvalue weighted by atomic mass is 10.5. The molecule has 0 amide bonds. The first-order valence-corrected chi connectivity index (χ1v) is 4.09. The molecule has 0 N–H and O–H groups in total. The molecule has 11 heavy (non-hydrogen) atoms. The Morgan fingerprint density at radius 1 is 1.45 bits per heavy atom. The monoisotopic (exact) mass is 258 g/mol. The third-order valence-electron chi connectivity index (χ3n) is 0.736. The number of esters is 1. The van der Waals surface area contributed by atoms with Gasteiger partial charge in [-0.1, -0.05) is 23.2 Å². The van der Waals surface area contributed by atoms with Crippen molar-refractivity contribution in [2.45, 2.75) is 0 Å². The zero-order valence-corrected chi connectivity index (χ0v) is 8.70. The Morgan fingerprint density at radius 3 is 2.36 bits per heavy atom. The second kappa shape index (κ2) is 5.63. The minimum absolute atomic E-state index is 0.0749. The number of ether oxygens (including phenoxy) is 1. The molecule has 0 aromatic rings. The van der Waals surface area contributed by atoms with Crippen molar-refractivity contribution in [3.63, 3.8) is 0 Å². The van der Waals surface area contributed by atoms with Crippen molar-refractivity contribution in [2.24, 2.45) is 0 Å². The van der Waals surface area contributed by atoms with E-state index < -0.39 is 5.97 Å². The molecule has 0 radical (unpaired) electrons. The Morgan fingerprint density at radius 2 is 2.00 bits per heavy atom. The van der Waals surface area contributed by atoms with Crippen LogP contribution in [-0.4, -0.2) is 13.1 Å². The largest absolute Gasteiger partial charge is 0.465 e. The molecule has 0 aromatic heterocycles. The van der Waals surface area contributed by atoms with Gasteiger partial charge in [0.1, 0.15) is 8.97 Å². The van der Waals surface area contributed by atoms with Crippen LogP contribution in [0.5, 0.6) is 0 Å². The third kappa shape index (κ3) is 5.30. The lowest BCUT2D eigenvalue weighted by Gasteiger charge is -1.93. The Hall–Kier alpha value is 0.01000. The van der Waals surface area contributed by atoms with Crippen LogP contribution in [0.3, 0.4) is 0 Å². The molecule has 0 fully saturated rings. The van der Waals surface area contributed by atoms with Gasteiger partial charge >= 0.3 is 5.97 Å². The highest BCUT2D eigenvalue weighted by Crippen LogP contribution is 2.11. The van der Waals surface area contributed by atoms with Gasteiger partial charge in [-0.2, -0.15) is 0 Å². The van der Waals surface area contributed by atoms with Crippen molar-refractivity contribution in [1.29, 1.82) is 0 Å². The number of hydrogen-bond donors (Lipinski definition) is 0. The summed E-state index contributed by atoms with van der Waals surface area (Å²) in [7, 11) is 1.28. The molecule has 0 spiro atoms. The van der Waals surface area contributed by atoms with Gasteiger partial charge in [0.25, 0.3) is 0 Å². The SMILES string of the molecule is COC(=O)/C(Br)=C\C=C(Cl)Cl. The summed E-state index contributed by atoms with van der Waals surface area (Å²) < 4.78 is 4.71. The predicted octanol–water partition coefficient (Wildman–Crippen LogP) is 2.76. The van der Waals surface area contributed by atoms with Crippen LogP contribution in [0.1, 0.15) is 0 Å². The molecule has 0 heterocycles. The van der Waals surface area contributed by atoms with Crippen LogP contribution in [0.4, 0.5) is 0 Å². The van der Waals surface area contributed by atoms with Gasteiger partial charge < -0.3 is 4.74 Å². The molecule has 0 bridgehead atoms. The Balaban J connectivity index is 4.23. The van der Waals surface area contributed by atoms with E-state index in [0.717, 1.165) is 0 Å². The average Bonchev–Trinajstić information content (AvgIpc) is 1.98. The molecular weight excluding hydrogens is 255 g/mol. The van der Waals surface area contributed by atoms with Gasteiger partial charge in [-0.25, -0.2) is 4.79 Å². The van der Waals surface area contributed by atoms with Gasteiger partial charge in [0.15, 0.2) is 0 Å². The second-order valence-corrected chi connectivity index (χ2v) is 3.32. The van der Waals surface area contributed by atoms with Gasteiger partial charge in [-0.05, 0) is 28.1 Å². The van der Waals surface area contributed by atoms with E-state index >= 15 is 0 Å². The summed E-state index contributed by atoms with van der Waals surface area (Å²) in [5.41, 5.74) is 0. The maximum atomic E-state index is 10.7. The maximum Gasteiger partial charge on any atom is 0.344 e. The van der Waals surface area contributed by atoms with Crippen LogP contribution in [0, 0.1) is 0 Å². The van der Waals surface area contributed by atoms with Crippen molar-refractivity contribution in [2.75, 3.05) is 7.11 Å². The molecule has 0 saturated heterocycles. The molecule has 0 aliphatic carbocycles. The van der Waals surface area contributed by atoms with Crippen molar-refractivity contribution in [3.8, 4) is 0 Å². The van der Waals surface area contributed by atoms with Crippen LogP contribution >= 0.6 is 39.1 Å². The number of rotatable bonds is 2. The number of allylic oxidation sites excluding steroid dienone is 2. The second-order valence-electron chi connectivity index (χ2n) is 1.46. The Labute approximate surface area is 82.9 Å². The fourth-order valence-electron chi connectivity index (χ4n) is 0.302. The van der Waals surface area contributed by atoms with Gasteiger partial charge in [0.05, 0.1) is 7.11 Å². The van der Waals surface area contributed by atoms with E-state index in [9.17, 15) is 4.79 Å². The summed E-state index contributed by atoms with van der Waals surface area (Å²) >= 11 is 13.5. The number of methoxy groups -OCH3 is 1. The van der Waals surface area contributed by atoms with E-state index in [1.54, 1.807) is 0 Å². The van der Waals surface area contributed by atoms with Gasteiger partial charge in [-0.3, -0.25) is 0 Å². The first kappa shape index (κ1) is 11.0. The van der Waals surface area contributed by atoms with E-state index in [1.165, 1.54) is 19.3 Å². The molecular formula is C6H5BrCl2O2. The van der Waals surface area contributed by atoms with E-state index in [1.807, 2.05) is 0 Å². The standard InChI is InChI=1S/C6H5BrCl2O2/c1-11-6(10)4(7)2-3-5(8)9/h2-3H,1H3/b4-2+. The summed E-state index contributed by atoms with van der Waals surface area (Å²) in [6.45, 7) is 0. The zero-order valence-electron chi connectivity index (χ0n) is 5.61. The summed E-state index contributed by atoms with van der Waals surface area (Å²) in [5.74, 6) is -0.476. The highest BCUT2D eigenvalue weighted by molar-refractivity contribution is 9.12. The van der Waals surface area contributed by atoms with Crippen LogP contribution in [0.25, 0.3) is 0 Å². The molecule has 0 unspecified atom stereocenters. The number of halogens is 3. The number of carbonyl (C=O) groups excluding carboxylic acids is 1. The molecule has 2 nitrogen and oxygen atoms in total. The fraction of sp³-hybridized carbons (Fsp3) is 0.167. The van der Waals surface area contributed by atoms with Crippen LogP contribution in [-0.2, 0) is 9.53 Å². The van der Waals surface area contributed by atoms with Crippen LogP contribution < -0.4 is 0 Å². The van der Waals surface area contributed by atoms with E-state index in [4.69, 9.17) is 23.2 Å². The molecule has 0 aliphatic heterocycles. The fourth-order valence-corrected chi connectivity index (χ4v) is 0.722. The van der Waals surface area contributed by atoms with E-state index in [-0.39, 0.29) is 8.97 Å². The quantitative estimate of drug-likeness (QED) is 0.433. The molecule has 0 rings (SSSR count). The minimum atomic E-state index is -0.476. The van der Waals surface area contributed by atoms with Gasteiger partial charge in [-0.15, -0.1) is 0 Å². The topological polar surface area (TPSA) is 26.3 Å². The summed E-state index contributed by atoms with van der Waals surface area (Å²) in [6.07, 6.45) is 2.77. The van der Waals surface area contributed by atoms with E-state index in [0.29, 0.717) is 0 Å². The van der Waals surface area contributed by atoms with Crippen molar-refractivity contribution >= 4 is 45.1 Å². The predicted molar refractivity (Wildman–Crippen MR) is 48.8 cm³/mol. The van der Waals surface area contributed by atoms with Crippen molar-refractivity contribution in [3.05, 3.63) is 21.1 Å². The number of carbonyl (C=O) groups is 1. The molecule has 5 heteroatoms. The Kier molecular flexibility index (Phi) is 5.64. The highest BCUT2D eigenvalue weighted by Gasteiger charge is 2.02. The smallest absolute Gasteiger partial charge is 0.344 e. The van der Waals surface area contributed by atoms with Gasteiger partial charge in [0.2, 0.25) is 0 Å². The first-order valence-electron chi connectivity index (χ1n) is 2.54. The zero-order chi connectivity index (χ0) is 8.85. The summed E-state index contributed by atoms with van der Waals surface area (Å²) in [5, 5.41) is 0. The summed E-state index contributed by atoms with van der Waals surface area (Å²) in [4.78, 5) is 10.7. The van der Waals surface area contributed by atoms with Crippen molar-refractivity contribution in [1.82, 2.24) is 0 Å². The lowest BCUT2D eigenvalue weighted by molar-refractivity contribution is -0.135. The van der Waals surface area contributed by atoms with E-state index in [2.05, 4.69) is 20.7 Å². The number of hydrogen-bond acceptors (Lipinski definition) is 2. The first-order chi connectivity index (χ1) is 5.07. The molecule has 0 aliphatic rings. The molecule has 0 aromatic carbocycles. The van der Waals surface area contributed by atoms with Crippen LogP contribution in [0.2, 0.25) is 0 Å². The lowest BCUT2D eigenvalue weighted by Crippen LogP contribution is -1.98. The molecule has 0 atom stereocenters. The maximum absolute atomic E-state index is 10.7. The highest BCUT2D eigenvalue weighted by atomic mass is 79.9. The Bertz CT molecular complexity index is 207. The normalized spacial score (nSPS) is 10.7. The molecule has 0 saturated carbocycles. The molecule has 62 valence electrons. The van der Waals surface area contributed by atoms with Crippen molar-refractivity contribution < 1.29 is 9.53 Å². The minimum Gasteiger partial charge on any atom is -0.465 e. The average molecular weight is 260 g/mol. The third-order valence-corrected chi connectivity index (χ3v) is 1.58. The van der Waals surface area contributed by atoms with Crippen LogP contribution in [0.15, 0.2) is 21.1 Å².